The average molecular weight is 497 g/mol. The Morgan fingerprint density at radius 1 is 0.969 bits per heavy atom. The monoisotopic (exact) mass is 496 g/mol. The number of rotatable bonds is 5. The molecule has 2 atom stereocenters. The standard InChI is InChI=1S/C25H29BrN4O2/c26-21-8-6-18(7-9-21)16-30-23(31)25(28-24(30)32)10-12-29(13-11-25)17-20-14-27-15-22(20)19-4-2-1-3-5-19/h1-9,20,22,27H,10-17H2,(H,28,32)/t20-,22+/m0/s1. The highest BCUT2D eigenvalue weighted by atomic mass is 79.9. The molecule has 3 amide bonds. The first kappa shape index (κ1) is 21.6. The molecule has 0 radical (unpaired) electrons. The molecule has 3 saturated heterocycles. The fourth-order valence-corrected chi connectivity index (χ4v) is 5.66. The van der Waals surface area contributed by atoms with Crippen LogP contribution in [0, 0.1) is 5.92 Å². The summed E-state index contributed by atoms with van der Waals surface area (Å²) in [6, 6.07) is 18.2. The van der Waals surface area contributed by atoms with Gasteiger partial charge in [0.05, 0.1) is 6.54 Å². The quantitative estimate of drug-likeness (QED) is 0.623. The van der Waals surface area contributed by atoms with Crippen molar-refractivity contribution >= 4 is 27.9 Å². The van der Waals surface area contributed by atoms with Crippen molar-refractivity contribution in [1.82, 2.24) is 20.4 Å². The normalized spacial score (nSPS) is 25.5. The predicted molar refractivity (Wildman–Crippen MR) is 127 cm³/mol. The molecule has 2 aromatic rings. The van der Waals surface area contributed by atoms with Crippen molar-refractivity contribution in [2.24, 2.45) is 5.92 Å². The summed E-state index contributed by atoms with van der Waals surface area (Å²) in [6.45, 7) is 5.04. The first-order valence-corrected chi connectivity index (χ1v) is 12.2. The van der Waals surface area contributed by atoms with Gasteiger partial charge in [-0.2, -0.15) is 0 Å². The Morgan fingerprint density at radius 2 is 1.69 bits per heavy atom. The average Bonchev–Trinajstić information content (AvgIpc) is 3.36. The molecule has 1 spiro atoms. The van der Waals surface area contributed by atoms with Crippen LogP contribution in [0.5, 0.6) is 0 Å². The van der Waals surface area contributed by atoms with Crippen molar-refractivity contribution in [1.29, 1.82) is 0 Å². The Kier molecular flexibility index (Phi) is 6.05. The number of carbonyl (C=O) groups excluding carboxylic acids is 2. The van der Waals surface area contributed by atoms with Gasteiger partial charge in [-0.3, -0.25) is 9.69 Å². The van der Waals surface area contributed by atoms with Gasteiger partial charge in [0, 0.05) is 36.6 Å². The summed E-state index contributed by atoms with van der Waals surface area (Å²) in [7, 11) is 0. The van der Waals surface area contributed by atoms with Crippen molar-refractivity contribution in [3.8, 4) is 0 Å². The van der Waals surface area contributed by atoms with Crippen molar-refractivity contribution < 1.29 is 9.59 Å². The Labute approximate surface area is 197 Å². The Morgan fingerprint density at radius 3 is 2.41 bits per heavy atom. The zero-order valence-corrected chi connectivity index (χ0v) is 19.7. The second-order valence-corrected chi connectivity index (χ2v) is 10.2. The zero-order chi connectivity index (χ0) is 22.1. The van der Waals surface area contributed by atoms with Gasteiger partial charge in [-0.05, 0) is 48.6 Å². The van der Waals surface area contributed by atoms with Crippen molar-refractivity contribution in [2.45, 2.75) is 30.8 Å². The van der Waals surface area contributed by atoms with E-state index in [-0.39, 0.29) is 11.9 Å². The van der Waals surface area contributed by atoms with E-state index in [1.54, 1.807) is 0 Å². The fourth-order valence-electron chi connectivity index (χ4n) is 5.40. The van der Waals surface area contributed by atoms with E-state index in [4.69, 9.17) is 0 Å². The van der Waals surface area contributed by atoms with Crippen LogP contribution in [0.25, 0.3) is 0 Å². The number of piperidine rings is 1. The lowest BCUT2D eigenvalue weighted by molar-refractivity contribution is -0.133. The Bertz CT molecular complexity index is 973. The van der Waals surface area contributed by atoms with Crippen LogP contribution in [0.1, 0.15) is 29.9 Å². The van der Waals surface area contributed by atoms with Gasteiger partial charge in [0.15, 0.2) is 0 Å². The highest BCUT2D eigenvalue weighted by Crippen LogP contribution is 2.33. The minimum absolute atomic E-state index is 0.0743. The number of hydrogen-bond donors (Lipinski definition) is 2. The van der Waals surface area contributed by atoms with Gasteiger partial charge in [-0.1, -0.05) is 58.4 Å². The van der Waals surface area contributed by atoms with Crippen LogP contribution in [-0.4, -0.2) is 60.0 Å². The van der Waals surface area contributed by atoms with E-state index in [1.165, 1.54) is 10.5 Å². The molecule has 32 heavy (non-hydrogen) atoms. The molecular formula is C25H29BrN4O2. The lowest BCUT2D eigenvalue weighted by Gasteiger charge is -2.38. The van der Waals surface area contributed by atoms with Crippen molar-refractivity contribution in [2.75, 3.05) is 32.7 Å². The van der Waals surface area contributed by atoms with E-state index in [0.717, 1.165) is 42.8 Å². The summed E-state index contributed by atoms with van der Waals surface area (Å²) in [5, 5.41) is 6.60. The number of benzene rings is 2. The molecule has 3 aliphatic heterocycles. The number of hydrogen-bond acceptors (Lipinski definition) is 4. The number of nitrogens with one attached hydrogen (secondary N) is 2. The molecule has 0 aromatic heterocycles. The molecule has 168 valence electrons. The minimum atomic E-state index is -0.740. The Balaban J connectivity index is 1.20. The zero-order valence-electron chi connectivity index (χ0n) is 18.1. The molecule has 5 rings (SSSR count). The maximum atomic E-state index is 13.3. The fraction of sp³-hybridized carbons (Fsp3) is 0.440. The summed E-state index contributed by atoms with van der Waals surface area (Å²) in [6.07, 6.45) is 1.34. The maximum absolute atomic E-state index is 13.3. The van der Waals surface area contributed by atoms with E-state index in [2.05, 4.69) is 61.8 Å². The van der Waals surface area contributed by atoms with E-state index in [0.29, 0.717) is 31.2 Å². The number of halogens is 1. The number of nitrogens with zero attached hydrogens (tertiary/aromatic N) is 2. The second kappa shape index (κ2) is 8.96. The minimum Gasteiger partial charge on any atom is -0.323 e. The van der Waals surface area contributed by atoms with Crippen LogP contribution in [0.4, 0.5) is 4.79 Å². The predicted octanol–water partition coefficient (Wildman–Crippen LogP) is 3.34. The van der Waals surface area contributed by atoms with Crippen molar-refractivity contribution in [3.63, 3.8) is 0 Å². The summed E-state index contributed by atoms with van der Waals surface area (Å²) in [5.41, 5.74) is 1.61. The number of amides is 3. The summed E-state index contributed by atoms with van der Waals surface area (Å²) >= 11 is 3.42. The molecule has 0 aliphatic carbocycles. The Hall–Kier alpha value is -2.22. The van der Waals surface area contributed by atoms with Gasteiger partial charge >= 0.3 is 6.03 Å². The van der Waals surface area contributed by atoms with Gasteiger partial charge in [0.1, 0.15) is 5.54 Å². The van der Waals surface area contributed by atoms with Crippen LogP contribution in [-0.2, 0) is 11.3 Å². The summed E-state index contributed by atoms with van der Waals surface area (Å²) in [4.78, 5) is 29.8. The van der Waals surface area contributed by atoms with Gasteiger partial charge in [-0.25, -0.2) is 4.79 Å². The number of urea groups is 1. The maximum Gasteiger partial charge on any atom is 0.325 e. The van der Waals surface area contributed by atoms with Gasteiger partial charge in [0.25, 0.3) is 5.91 Å². The lowest BCUT2D eigenvalue weighted by Crippen LogP contribution is -2.55. The number of likely N-dealkylation sites (tertiary alicyclic amines) is 1. The molecular weight excluding hydrogens is 468 g/mol. The van der Waals surface area contributed by atoms with E-state index in [1.807, 2.05) is 24.3 Å². The van der Waals surface area contributed by atoms with E-state index in [9.17, 15) is 9.59 Å². The molecule has 0 saturated carbocycles. The van der Waals surface area contributed by atoms with Crippen LogP contribution >= 0.6 is 15.9 Å². The first-order valence-electron chi connectivity index (χ1n) is 11.4. The molecule has 0 unspecified atom stereocenters. The molecule has 7 heteroatoms. The van der Waals surface area contributed by atoms with Gasteiger partial charge in [-0.15, -0.1) is 0 Å². The largest absolute Gasteiger partial charge is 0.325 e. The molecule has 2 N–H and O–H groups in total. The summed E-state index contributed by atoms with van der Waals surface area (Å²) < 4.78 is 0.981. The highest BCUT2D eigenvalue weighted by molar-refractivity contribution is 9.10. The van der Waals surface area contributed by atoms with Crippen LogP contribution in [0.15, 0.2) is 59.1 Å². The van der Waals surface area contributed by atoms with Crippen LogP contribution in [0.3, 0.4) is 0 Å². The number of imide groups is 1. The van der Waals surface area contributed by atoms with Gasteiger partial charge in [0.2, 0.25) is 0 Å². The van der Waals surface area contributed by atoms with Crippen molar-refractivity contribution in [3.05, 3.63) is 70.2 Å². The van der Waals surface area contributed by atoms with E-state index >= 15 is 0 Å². The summed E-state index contributed by atoms with van der Waals surface area (Å²) in [5.74, 6) is 1.02. The molecule has 3 fully saturated rings. The second-order valence-electron chi connectivity index (χ2n) is 9.27. The molecule has 3 aliphatic rings. The highest BCUT2D eigenvalue weighted by Gasteiger charge is 2.52. The number of carbonyl (C=O) groups is 2. The molecule has 0 bridgehead atoms. The smallest absolute Gasteiger partial charge is 0.323 e. The SMILES string of the molecule is O=C1NC2(CCN(C[C@@H]3CNC[C@@H]3c3ccccc3)CC2)C(=O)N1Cc1ccc(Br)cc1. The molecule has 3 heterocycles. The lowest BCUT2D eigenvalue weighted by atomic mass is 9.85. The molecule has 2 aromatic carbocycles. The third kappa shape index (κ3) is 4.21. The third-order valence-electron chi connectivity index (χ3n) is 7.27. The van der Waals surface area contributed by atoms with Crippen LogP contribution in [0.2, 0.25) is 0 Å². The van der Waals surface area contributed by atoms with Crippen LogP contribution < -0.4 is 10.6 Å². The third-order valence-corrected chi connectivity index (χ3v) is 7.80. The topological polar surface area (TPSA) is 64.7 Å². The van der Waals surface area contributed by atoms with Gasteiger partial charge < -0.3 is 15.5 Å². The molecule has 6 nitrogen and oxygen atoms in total. The van der Waals surface area contributed by atoms with E-state index < -0.39 is 5.54 Å². The first-order chi connectivity index (χ1) is 15.5.